The maximum Gasteiger partial charge on any atom is 0.226 e. The second kappa shape index (κ2) is 7.06. The number of aromatic amines is 1. The van der Waals surface area contributed by atoms with Gasteiger partial charge in [0, 0.05) is 18.4 Å². The predicted octanol–water partition coefficient (Wildman–Crippen LogP) is 0.865. The SMILES string of the molecule is CCC(CC)C(O)CNC(=O)Cc1ccn[nH]1. The lowest BCUT2D eigenvalue weighted by atomic mass is 9.96. The van der Waals surface area contributed by atoms with Gasteiger partial charge in [0.15, 0.2) is 0 Å². The van der Waals surface area contributed by atoms with E-state index in [1.54, 1.807) is 12.3 Å². The summed E-state index contributed by atoms with van der Waals surface area (Å²) in [5, 5.41) is 19.1. The van der Waals surface area contributed by atoms with E-state index in [0.29, 0.717) is 6.54 Å². The zero-order valence-electron chi connectivity index (χ0n) is 10.4. The monoisotopic (exact) mass is 239 g/mol. The average Bonchev–Trinajstić information content (AvgIpc) is 2.81. The largest absolute Gasteiger partial charge is 0.391 e. The third-order valence-corrected chi connectivity index (χ3v) is 3.01. The van der Waals surface area contributed by atoms with Crippen molar-refractivity contribution in [1.29, 1.82) is 0 Å². The molecule has 1 aromatic heterocycles. The molecule has 0 fully saturated rings. The van der Waals surface area contributed by atoms with Crippen LogP contribution in [0.5, 0.6) is 0 Å². The van der Waals surface area contributed by atoms with Crippen LogP contribution in [0.1, 0.15) is 32.4 Å². The Hall–Kier alpha value is -1.36. The Kier molecular flexibility index (Phi) is 5.69. The molecule has 0 radical (unpaired) electrons. The smallest absolute Gasteiger partial charge is 0.226 e. The van der Waals surface area contributed by atoms with Gasteiger partial charge in [-0.1, -0.05) is 26.7 Å². The van der Waals surface area contributed by atoms with Crippen LogP contribution in [0.3, 0.4) is 0 Å². The van der Waals surface area contributed by atoms with Gasteiger partial charge in [0.2, 0.25) is 5.91 Å². The number of aliphatic hydroxyl groups is 1. The van der Waals surface area contributed by atoms with Crippen molar-refractivity contribution in [3.8, 4) is 0 Å². The molecule has 0 bridgehead atoms. The fraction of sp³-hybridized carbons (Fsp3) is 0.667. The van der Waals surface area contributed by atoms with E-state index in [-0.39, 0.29) is 18.2 Å². The fourth-order valence-corrected chi connectivity index (χ4v) is 1.84. The number of H-pyrrole nitrogens is 1. The lowest BCUT2D eigenvalue weighted by Gasteiger charge is -2.20. The fourth-order valence-electron chi connectivity index (χ4n) is 1.84. The highest BCUT2D eigenvalue weighted by Gasteiger charge is 2.16. The summed E-state index contributed by atoms with van der Waals surface area (Å²) < 4.78 is 0. The molecule has 1 aromatic rings. The Balaban J connectivity index is 2.28. The minimum absolute atomic E-state index is 0.0979. The van der Waals surface area contributed by atoms with Gasteiger partial charge in [-0.2, -0.15) is 5.10 Å². The van der Waals surface area contributed by atoms with Crippen molar-refractivity contribution >= 4 is 5.91 Å². The molecule has 1 heterocycles. The number of carbonyl (C=O) groups is 1. The molecule has 1 amide bonds. The summed E-state index contributed by atoms with van der Waals surface area (Å²) >= 11 is 0. The first-order chi connectivity index (χ1) is 8.17. The summed E-state index contributed by atoms with van der Waals surface area (Å²) in [5.74, 6) is 0.154. The molecule has 1 unspecified atom stereocenters. The summed E-state index contributed by atoms with van der Waals surface area (Å²) in [4.78, 5) is 11.5. The van der Waals surface area contributed by atoms with Gasteiger partial charge >= 0.3 is 0 Å². The van der Waals surface area contributed by atoms with E-state index in [0.717, 1.165) is 18.5 Å². The number of rotatable bonds is 7. The minimum atomic E-state index is -0.462. The van der Waals surface area contributed by atoms with Gasteiger partial charge in [-0.3, -0.25) is 9.89 Å². The molecule has 96 valence electrons. The molecule has 3 N–H and O–H groups in total. The normalized spacial score (nSPS) is 12.7. The van der Waals surface area contributed by atoms with E-state index in [1.807, 2.05) is 13.8 Å². The van der Waals surface area contributed by atoms with Crippen molar-refractivity contribution in [3.05, 3.63) is 18.0 Å². The molecule has 5 nitrogen and oxygen atoms in total. The van der Waals surface area contributed by atoms with Gasteiger partial charge in [-0.15, -0.1) is 0 Å². The van der Waals surface area contributed by atoms with Gasteiger partial charge < -0.3 is 10.4 Å². The molecule has 5 heteroatoms. The van der Waals surface area contributed by atoms with Crippen LogP contribution >= 0.6 is 0 Å². The Morgan fingerprint density at radius 1 is 1.53 bits per heavy atom. The highest BCUT2D eigenvalue weighted by Crippen LogP contribution is 2.12. The summed E-state index contributed by atoms with van der Waals surface area (Å²) in [6.07, 6.45) is 3.27. The Labute approximate surface area is 102 Å². The number of aliphatic hydroxyl groups excluding tert-OH is 1. The number of hydrogen-bond acceptors (Lipinski definition) is 3. The van der Waals surface area contributed by atoms with E-state index in [2.05, 4.69) is 15.5 Å². The molecule has 1 rings (SSSR count). The number of nitrogens with one attached hydrogen (secondary N) is 2. The molecule has 0 aliphatic rings. The summed E-state index contributed by atoms with van der Waals surface area (Å²) in [6, 6.07) is 1.76. The number of amides is 1. The van der Waals surface area contributed by atoms with Crippen molar-refractivity contribution in [1.82, 2.24) is 15.5 Å². The lowest BCUT2D eigenvalue weighted by Crippen LogP contribution is -2.36. The summed E-state index contributed by atoms with van der Waals surface area (Å²) in [7, 11) is 0. The van der Waals surface area contributed by atoms with Gasteiger partial charge in [-0.25, -0.2) is 0 Å². The van der Waals surface area contributed by atoms with Crippen molar-refractivity contribution in [2.75, 3.05) is 6.54 Å². The van der Waals surface area contributed by atoms with E-state index in [1.165, 1.54) is 0 Å². The number of nitrogens with zero attached hydrogens (tertiary/aromatic N) is 1. The quantitative estimate of drug-likeness (QED) is 0.660. The van der Waals surface area contributed by atoms with Crippen LogP contribution < -0.4 is 5.32 Å². The van der Waals surface area contributed by atoms with Gasteiger partial charge in [0.05, 0.1) is 12.5 Å². The molecule has 0 aromatic carbocycles. The molecule has 17 heavy (non-hydrogen) atoms. The molecule has 0 aliphatic carbocycles. The number of aromatic nitrogens is 2. The first-order valence-corrected chi connectivity index (χ1v) is 6.10. The average molecular weight is 239 g/mol. The van der Waals surface area contributed by atoms with E-state index >= 15 is 0 Å². The Morgan fingerprint density at radius 3 is 2.76 bits per heavy atom. The van der Waals surface area contributed by atoms with Crippen molar-refractivity contribution < 1.29 is 9.90 Å². The third kappa shape index (κ3) is 4.56. The zero-order valence-corrected chi connectivity index (χ0v) is 10.4. The summed E-state index contributed by atoms with van der Waals surface area (Å²) in [5.41, 5.74) is 0.777. The Bertz CT molecular complexity index is 321. The second-order valence-electron chi connectivity index (χ2n) is 4.21. The van der Waals surface area contributed by atoms with Crippen LogP contribution in [-0.4, -0.2) is 33.9 Å². The summed E-state index contributed by atoms with van der Waals surface area (Å²) in [6.45, 7) is 4.41. The highest BCUT2D eigenvalue weighted by molar-refractivity contribution is 5.78. The number of carbonyl (C=O) groups excluding carboxylic acids is 1. The third-order valence-electron chi connectivity index (χ3n) is 3.01. The van der Waals surface area contributed by atoms with E-state index < -0.39 is 6.10 Å². The van der Waals surface area contributed by atoms with Crippen molar-refractivity contribution in [2.45, 2.75) is 39.2 Å². The minimum Gasteiger partial charge on any atom is -0.391 e. The van der Waals surface area contributed by atoms with Crippen LogP contribution in [-0.2, 0) is 11.2 Å². The van der Waals surface area contributed by atoms with Crippen molar-refractivity contribution in [2.24, 2.45) is 5.92 Å². The van der Waals surface area contributed by atoms with Crippen molar-refractivity contribution in [3.63, 3.8) is 0 Å². The van der Waals surface area contributed by atoms with Gasteiger partial charge in [0.1, 0.15) is 0 Å². The highest BCUT2D eigenvalue weighted by atomic mass is 16.3. The maximum absolute atomic E-state index is 11.5. The van der Waals surface area contributed by atoms with E-state index in [4.69, 9.17) is 0 Å². The first-order valence-electron chi connectivity index (χ1n) is 6.10. The topological polar surface area (TPSA) is 78.0 Å². The molecular weight excluding hydrogens is 218 g/mol. The molecule has 1 atom stereocenters. The van der Waals surface area contributed by atoms with Gasteiger partial charge in [-0.05, 0) is 12.0 Å². The van der Waals surface area contributed by atoms with Crippen LogP contribution in [0.25, 0.3) is 0 Å². The van der Waals surface area contributed by atoms with Crippen LogP contribution in [0.2, 0.25) is 0 Å². The first kappa shape index (κ1) is 13.7. The van der Waals surface area contributed by atoms with Crippen LogP contribution in [0.15, 0.2) is 12.3 Å². The molecular formula is C12H21N3O2. The molecule has 0 aliphatic heterocycles. The van der Waals surface area contributed by atoms with Gasteiger partial charge in [0.25, 0.3) is 0 Å². The van der Waals surface area contributed by atoms with Crippen LogP contribution in [0, 0.1) is 5.92 Å². The second-order valence-corrected chi connectivity index (χ2v) is 4.21. The zero-order chi connectivity index (χ0) is 12.7. The van der Waals surface area contributed by atoms with E-state index in [9.17, 15) is 9.90 Å². The molecule has 0 spiro atoms. The predicted molar refractivity (Wildman–Crippen MR) is 65.4 cm³/mol. The maximum atomic E-state index is 11.5. The molecule has 0 saturated heterocycles. The molecule has 0 saturated carbocycles. The lowest BCUT2D eigenvalue weighted by molar-refractivity contribution is -0.121. The van der Waals surface area contributed by atoms with Crippen LogP contribution in [0.4, 0.5) is 0 Å². The Morgan fingerprint density at radius 2 is 2.24 bits per heavy atom. The number of hydrogen-bond donors (Lipinski definition) is 3. The standard InChI is InChI=1S/C12H21N3O2/c1-3-9(4-2)11(16)8-13-12(17)7-10-5-6-14-15-10/h5-6,9,11,16H,3-4,7-8H2,1-2H3,(H,13,17)(H,14,15).